The minimum Gasteiger partial charge on any atom is -0.302 e. The van der Waals surface area contributed by atoms with Crippen molar-refractivity contribution in [2.45, 2.75) is 45.6 Å². The van der Waals surface area contributed by atoms with Crippen molar-refractivity contribution in [2.75, 3.05) is 19.8 Å². The van der Waals surface area contributed by atoms with E-state index < -0.39 is 0 Å². The molecule has 0 amide bonds. The van der Waals surface area contributed by atoms with Crippen LogP contribution in [0.15, 0.2) is 18.2 Å². The molecule has 1 atom stereocenters. The first-order valence-electron chi connectivity index (χ1n) is 6.65. The molecule has 1 aromatic rings. The standard InChI is InChI=1S/C16H27NS/c1-12-7-8-13(16(2,3)4)11-14(12)15(9-10-18)17(5)6/h7-8,11,15,18H,9-10H2,1-6H3. The summed E-state index contributed by atoms with van der Waals surface area (Å²) >= 11 is 4.40. The maximum Gasteiger partial charge on any atom is 0.0352 e. The Morgan fingerprint density at radius 1 is 1.22 bits per heavy atom. The SMILES string of the molecule is Cc1ccc(C(C)(C)C)cc1C(CCS)N(C)C. The summed E-state index contributed by atoms with van der Waals surface area (Å²) in [4.78, 5) is 2.30. The van der Waals surface area contributed by atoms with Crippen LogP contribution >= 0.6 is 12.6 Å². The Hall–Kier alpha value is -0.470. The van der Waals surface area contributed by atoms with Gasteiger partial charge in [-0.2, -0.15) is 12.6 Å². The van der Waals surface area contributed by atoms with Gasteiger partial charge in [-0.15, -0.1) is 0 Å². The van der Waals surface area contributed by atoms with Gasteiger partial charge in [0, 0.05) is 6.04 Å². The third-order valence-electron chi connectivity index (χ3n) is 3.53. The predicted octanol–water partition coefficient (Wildman–Crippen LogP) is 4.22. The molecule has 0 N–H and O–H groups in total. The Morgan fingerprint density at radius 2 is 1.83 bits per heavy atom. The van der Waals surface area contributed by atoms with Crippen LogP contribution in [-0.2, 0) is 5.41 Å². The van der Waals surface area contributed by atoms with E-state index in [1.807, 2.05) is 0 Å². The zero-order valence-corrected chi connectivity index (χ0v) is 13.5. The van der Waals surface area contributed by atoms with Crippen molar-refractivity contribution in [3.8, 4) is 0 Å². The molecule has 0 saturated heterocycles. The molecule has 0 aliphatic heterocycles. The van der Waals surface area contributed by atoms with Crippen molar-refractivity contribution in [2.24, 2.45) is 0 Å². The Bertz CT molecular complexity index is 391. The van der Waals surface area contributed by atoms with Gasteiger partial charge in [0.2, 0.25) is 0 Å². The minimum absolute atomic E-state index is 0.209. The molecule has 102 valence electrons. The van der Waals surface area contributed by atoms with Crippen LogP contribution in [0, 0.1) is 6.92 Å². The maximum atomic E-state index is 4.40. The Labute approximate surface area is 118 Å². The largest absolute Gasteiger partial charge is 0.302 e. The van der Waals surface area contributed by atoms with Crippen LogP contribution in [0.2, 0.25) is 0 Å². The zero-order valence-electron chi connectivity index (χ0n) is 12.6. The van der Waals surface area contributed by atoms with Crippen molar-refractivity contribution < 1.29 is 0 Å². The lowest BCUT2D eigenvalue weighted by molar-refractivity contribution is 0.292. The number of aryl methyl sites for hydroxylation is 1. The third kappa shape index (κ3) is 3.76. The van der Waals surface area contributed by atoms with Crippen LogP contribution in [0.5, 0.6) is 0 Å². The third-order valence-corrected chi connectivity index (χ3v) is 3.79. The molecule has 0 radical (unpaired) electrons. The van der Waals surface area contributed by atoms with Gasteiger partial charge in [-0.05, 0) is 55.3 Å². The number of hydrogen-bond acceptors (Lipinski definition) is 2. The van der Waals surface area contributed by atoms with E-state index in [4.69, 9.17) is 0 Å². The Balaban J connectivity index is 3.20. The highest BCUT2D eigenvalue weighted by Gasteiger charge is 2.19. The topological polar surface area (TPSA) is 3.24 Å². The number of nitrogens with zero attached hydrogens (tertiary/aromatic N) is 1. The van der Waals surface area contributed by atoms with Crippen molar-refractivity contribution in [3.63, 3.8) is 0 Å². The van der Waals surface area contributed by atoms with E-state index in [0.717, 1.165) is 12.2 Å². The maximum absolute atomic E-state index is 4.40. The molecular weight excluding hydrogens is 238 g/mol. The lowest BCUT2D eigenvalue weighted by Crippen LogP contribution is -2.22. The minimum atomic E-state index is 0.209. The van der Waals surface area contributed by atoms with Crippen LogP contribution in [0.1, 0.15) is 49.9 Å². The van der Waals surface area contributed by atoms with Crippen molar-refractivity contribution >= 4 is 12.6 Å². The molecule has 2 heteroatoms. The summed E-state index contributed by atoms with van der Waals surface area (Å²) in [5, 5.41) is 0. The van der Waals surface area contributed by atoms with Gasteiger partial charge >= 0.3 is 0 Å². The molecule has 0 spiro atoms. The molecule has 0 heterocycles. The summed E-state index contributed by atoms with van der Waals surface area (Å²) in [6.45, 7) is 9.01. The highest BCUT2D eigenvalue weighted by Crippen LogP contribution is 2.30. The highest BCUT2D eigenvalue weighted by molar-refractivity contribution is 7.80. The van der Waals surface area contributed by atoms with E-state index in [9.17, 15) is 0 Å². The second-order valence-corrected chi connectivity index (χ2v) is 6.76. The fourth-order valence-corrected chi connectivity index (χ4v) is 2.52. The van der Waals surface area contributed by atoms with Crippen LogP contribution in [0.3, 0.4) is 0 Å². The van der Waals surface area contributed by atoms with Gasteiger partial charge in [0.05, 0.1) is 0 Å². The molecule has 0 fully saturated rings. The van der Waals surface area contributed by atoms with E-state index in [0.29, 0.717) is 6.04 Å². The van der Waals surface area contributed by atoms with Gasteiger partial charge in [0.1, 0.15) is 0 Å². The molecule has 0 aliphatic rings. The number of thiol groups is 1. The normalized spacial score (nSPS) is 14.0. The van der Waals surface area contributed by atoms with Gasteiger partial charge in [-0.25, -0.2) is 0 Å². The summed E-state index contributed by atoms with van der Waals surface area (Å²) in [6, 6.07) is 7.35. The molecule has 1 aromatic carbocycles. The van der Waals surface area contributed by atoms with Gasteiger partial charge in [0.25, 0.3) is 0 Å². The van der Waals surface area contributed by atoms with E-state index in [2.05, 4.69) is 77.5 Å². The van der Waals surface area contributed by atoms with Crippen molar-refractivity contribution in [3.05, 3.63) is 34.9 Å². The first-order valence-corrected chi connectivity index (χ1v) is 7.29. The molecule has 0 bridgehead atoms. The van der Waals surface area contributed by atoms with Gasteiger partial charge in [-0.1, -0.05) is 39.0 Å². The van der Waals surface area contributed by atoms with Crippen LogP contribution in [0.25, 0.3) is 0 Å². The molecule has 0 aliphatic carbocycles. The highest BCUT2D eigenvalue weighted by atomic mass is 32.1. The molecule has 1 unspecified atom stereocenters. The first kappa shape index (κ1) is 15.6. The number of rotatable bonds is 4. The summed E-state index contributed by atoms with van der Waals surface area (Å²) in [7, 11) is 4.30. The van der Waals surface area contributed by atoms with Crippen LogP contribution < -0.4 is 0 Å². The average molecular weight is 265 g/mol. The molecule has 18 heavy (non-hydrogen) atoms. The van der Waals surface area contributed by atoms with Crippen LogP contribution in [0.4, 0.5) is 0 Å². The van der Waals surface area contributed by atoms with Gasteiger partial charge in [-0.3, -0.25) is 0 Å². The zero-order chi connectivity index (χ0) is 13.9. The van der Waals surface area contributed by atoms with E-state index in [-0.39, 0.29) is 5.41 Å². The lowest BCUT2D eigenvalue weighted by Gasteiger charge is -2.28. The average Bonchev–Trinajstić information content (AvgIpc) is 2.25. The van der Waals surface area contributed by atoms with Gasteiger partial charge in [0.15, 0.2) is 0 Å². The fraction of sp³-hybridized carbons (Fsp3) is 0.625. The quantitative estimate of drug-likeness (QED) is 0.798. The van der Waals surface area contributed by atoms with Crippen molar-refractivity contribution in [1.82, 2.24) is 4.90 Å². The summed E-state index contributed by atoms with van der Waals surface area (Å²) in [5.74, 6) is 0.919. The monoisotopic (exact) mass is 265 g/mol. The molecule has 0 aromatic heterocycles. The molecule has 0 saturated carbocycles. The Kier molecular flexibility index (Phi) is 5.30. The smallest absolute Gasteiger partial charge is 0.0352 e. The fourth-order valence-electron chi connectivity index (χ4n) is 2.28. The summed E-state index contributed by atoms with van der Waals surface area (Å²) < 4.78 is 0. The molecule has 1 nitrogen and oxygen atoms in total. The number of benzene rings is 1. The summed E-state index contributed by atoms with van der Waals surface area (Å²) in [6.07, 6.45) is 1.09. The first-order chi connectivity index (χ1) is 8.27. The van der Waals surface area contributed by atoms with E-state index in [1.54, 1.807) is 0 Å². The van der Waals surface area contributed by atoms with E-state index >= 15 is 0 Å². The predicted molar refractivity (Wildman–Crippen MR) is 84.8 cm³/mol. The Morgan fingerprint density at radius 3 is 2.28 bits per heavy atom. The molecule has 1 rings (SSSR count). The van der Waals surface area contributed by atoms with E-state index in [1.165, 1.54) is 16.7 Å². The second-order valence-electron chi connectivity index (χ2n) is 6.31. The van der Waals surface area contributed by atoms with Crippen molar-refractivity contribution in [1.29, 1.82) is 0 Å². The summed E-state index contributed by atoms with van der Waals surface area (Å²) in [5.41, 5.74) is 4.44. The van der Waals surface area contributed by atoms with Gasteiger partial charge < -0.3 is 4.90 Å². The van der Waals surface area contributed by atoms with Crippen LogP contribution in [-0.4, -0.2) is 24.7 Å². The number of hydrogen-bond donors (Lipinski definition) is 1. The molecular formula is C16H27NS. The second kappa shape index (κ2) is 6.12. The lowest BCUT2D eigenvalue weighted by atomic mass is 9.84.